The number of nitrogens with zero attached hydrogens (tertiary/aromatic N) is 1. The standard InChI is InChI=1S/C30H29Cl2NO8S/c1-2-40-25-16-17(15-20(32)30(25)41-42(38,39)19-11-9-18(31)10-12-19)27-28-21(5-3-7-23(28)34)33(14-13-26(36)37)22-6-4-8-24(35)29(22)27/h9-12,15-16,27H,2-8,13-14H2,1H3,(H,36,37). The predicted molar refractivity (Wildman–Crippen MR) is 155 cm³/mol. The van der Waals surface area contributed by atoms with Crippen LogP contribution in [0.15, 0.2) is 63.8 Å². The topological polar surface area (TPSA) is 127 Å². The number of rotatable bonds is 9. The van der Waals surface area contributed by atoms with Crippen LogP contribution in [-0.4, -0.2) is 49.1 Å². The fraction of sp³-hybridized carbons (Fsp3) is 0.367. The van der Waals surface area contributed by atoms with Gasteiger partial charge in [0.2, 0.25) is 5.75 Å². The van der Waals surface area contributed by atoms with Crippen LogP contribution < -0.4 is 8.92 Å². The van der Waals surface area contributed by atoms with Crippen molar-refractivity contribution in [1.82, 2.24) is 4.90 Å². The lowest BCUT2D eigenvalue weighted by atomic mass is 9.71. The van der Waals surface area contributed by atoms with E-state index in [1.54, 1.807) is 13.0 Å². The molecule has 3 aliphatic rings. The Morgan fingerprint density at radius 3 is 2.12 bits per heavy atom. The molecule has 1 aliphatic heterocycles. The van der Waals surface area contributed by atoms with Gasteiger partial charge in [-0.2, -0.15) is 8.42 Å². The van der Waals surface area contributed by atoms with Crippen LogP contribution in [0, 0.1) is 0 Å². The lowest BCUT2D eigenvalue weighted by Gasteiger charge is -2.44. The van der Waals surface area contributed by atoms with Gasteiger partial charge in [-0.15, -0.1) is 0 Å². The summed E-state index contributed by atoms with van der Waals surface area (Å²) in [5.41, 5.74) is 2.84. The molecule has 0 saturated heterocycles. The number of aliphatic carboxylic acids is 1. The summed E-state index contributed by atoms with van der Waals surface area (Å²) in [6.07, 6.45) is 2.81. The first-order valence-electron chi connectivity index (χ1n) is 13.7. The first-order valence-corrected chi connectivity index (χ1v) is 15.9. The number of allylic oxidation sites excluding steroid dienone is 4. The molecule has 0 atom stereocenters. The molecular formula is C30H29Cl2NO8S. The molecule has 5 rings (SSSR count). The monoisotopic (exact) mass is 633 g/mol. The molecule has 1 heterocycles. The highest BCUT2D eigenvalue weighted by atomic mass is 35.5. The predicted octanol–water partition coefficient (Wildman–Crippen LogP) is 6.05. The summed E-state index contributed by atoms with van der Waals surface area (Å²) in [7, 11) is -4.31. The van der Waals surface area contributed by atoms with Crippen LogP contribution in [0.3, 0.4) is 0 Å². The summed E-state index contributed by atoms with van der Waals surface area (Å²) in [4.78, 5) is 40.2. The number of hydrogen-bond donors (Lipinski definition) is 1. The Morgan fingerprint density at radius 1 is 0.976 bits per heavy atom. The van der Waals surface area contributed by atoms with Gasteiger partial charge >= 0.3 is 16.1 Å². The second-order valence-electron chi connectivity index (χ2n) is 10.3. The maximum Gasteiger partial charge on any atom is 0.339 e. The van der Waals surface area contributed by atoms with E-state index in [9.17, 15) is 27.9 Å². The van der Waals surface area contributed by atoms with E-state index in [1.165, 1.54) is 30.3 Å². The third kappa shape index (κ3) is 5.80. The summed E-state index contributed by atoms with van der Waals surface area (Å²) < 4.78 is 37.4. The van der Waals surface area contributed by atoms with Crippen molar-refractivity contribution < 1.29 is 36.8 Å². The SMILES string of the molecule is CCOc1cc(C2C3=C(CCCC3=O)N(CCC(=O)O)C3=C2C(=O)CCC3)cc(Cl)c1OS(=O)(=O)c1ccc(Cl)cc1. The van der Waals surface area contributed by atoms with Gasteiger partial charge in [0.1, 0.15) is 4.90 Å². The van der Waals surface area contributed by atoms with Crippen molar-refractivity contribution in [2.24, 2.45) is 0 Å². The van der Waals surface area contributed by atoms with E-state index in [0.717, 1.165) is 11.4 Å². The molecule has 0 spiro atoms. The quantitative estimate of drug-likeness (QED) is 0.328. The lowest BCUT2D eigenvalue weighted by molar-refractivity contribution is -0.137. The van der Waals surface area contributed by atoms with Crippen molar-refractivity contribution in [1.29, 1.82) is 0 Å². The Bertz CT molecular complexity index is 1590. The molecule has 42 heavy (non-hydrogen) atoms. The molecule has 2 aromatic rings. The van der Waals surface area contributed by atoms with Crippen molar-refractivity contribution in [2.45, 2.75) is 62.7 Å². The number of carboxylic acid groups (broad SMARTS) is 1. The molecule has 0 bridgehead atoms. The van der Waals surface area contributed by atoms with Crippen molar-refractivity contribution in [2.75, 3.05) is 13.2 Å². The number of benzene rings is 2. The van der Waals surface area contributed by atoms with Crippen LogP contribution in [0.25, 0.3) is 0 Å². The van der Waals surface area contributed by atoms with Gasteiger partial charge in [-0.25, -0.2) is 0 Å². The van der Waals surface area contributed by atoms with E-state index < -0.39 is 22.0 Å². The van der Waals surface area contributed by atoms with Crippen molar-refractivity contribution in [3.63, 3.8) is 0 Å². The van der Waals surface area contributed by atoms with Crippen LogP contribution in [-0.2, 0) is 24.5 Å². The van der Waals surface area contributed by atoms with Crippen molar-refractivity contribution in [3.8, 4) is 11.5 Å². The molecule has 0 fully saturated rings. The highest BCUT2D eigenvalue weighted by molar-refractivity contribution is 7.87. The third-order valence-electron chi connectivity index (χ3n) is 7.60. The largest absolute Gasteiger partial charge is 0.490 e. The number of carboxylic acids is 1. The highest BCUT2D eigenvalue weighted by Crippen LogP contribution is 2.51. The van der Waals surface area contributed by atoms with Gasteiger partial charge in [0, 0.05) is 52.9 Å². The molecule has 2 aliphatic carbocycles. The maximum absolute atomic E-state index is 13.5. The molecule has 2 aromatic carbocycles. The van der Waals surface area contributed by atoms with Gasteiger partial charge in [0.25, 0.3) is 0 Å². The molecule has 0 aromatic heterocycles. The molecule has 12 heteroatoms. The molecule has 1 N–H and O–H groups in total. The van der Waals surface area contributed by atoms with Gasteiger partial charge in [-0.3, -0.25) is 14.4 Å². The minimum absolute atomic E-state index is 0.0432. The van der Waals surface area contributed by atoms with Crippen LogP contribution in [0.1, 0.15) is 63.4 Å². The summed E-state index contributed by atoms with van der Waals surface area (Å²) >= 11 is 12.6. The Labute approximate surface area is 253 Å². The van der Waals surface area contributed by atoms with E-state index in [4.69, 9.17) is 32.1 Å². The molecule has 0 radical (unpaired) electrons. The van der Waals surface area contributed by atoms with E-state index in [2.05, 4.69) is 0 Å². The summed E-state index contributed by atoms with van der Waals surface area (Å²) in [5.74, 6) is -2.14. The maximum atomic E-state index is 13.5. The number of Topliss-reactive ketones (excluding diaryl/α,β-unsaturated/α-hetero) is 2. The first-order chi connectivity index (χ1) is 20.0. The minimum Gasteiger partial charge on any atom is -0.490 e. The fourth-order valence-corrected chi connectivity index (χ4v) is 7.27. The molecule has 0 amide bonds. The van der Waals surface area contributed by atoms with Crippen LogP contribution in [0.5, 0.6) is 11.5 Å². The van der Waals surface area contributed by atoms with Gasteiger partial charge in [0.15, 0.2) is 17.3 Å². The summed E-state index contributed by atoms with van der Waals surface area (Å²) in [6, 6.07) is 8.54. The average Bonchev–Trinajstić information content (AvgIpc) is 2.93. The number of ether oxygens (including phenoxy) is 1. The van der Waals surface area contributed by atoms with Crippen molar-refractivity contribution >= 4 is 50.9 Å². The van der Waals surface area contributed by atoms with Crippen LogP contribution >= 0.6 is 23.2 Å². The Balaban J connectivity index is 1.65. The molecule has 222 valence electrons. The number of carbonyl (C=O) groups excluding carboxylic acids is 2. The zero-order valence-corrected chi connectivity index (χ0v) is 25.2. The molecule has 0 unspecified atom stereocenters. The van der Waals surface area contributed by atoms with E-state index >= 15 is 0 Å². The lowest BCUT2D eigenvalue weighted by Crippen LogP contribution is -2.39. The average molecular weight is 635 g/mol. The molecule has 9 nitrogen and oxygen atoms in total. The zero-order valence-electron chi connectivity index (χ0n) is 22.8. The van der Waals surface area contributed by atoms with Crippen LogP contribution in [0.2, 0.25) is 10.0 Å². The van der Waals surface area contributed by atoms with E-state index in [1.807, 2.05) is 4.90 Å². The fourth-order valence-electron chi connectivity index (χ4n) is 5.88. The Morgan fingerprint density at radius 2 is 1.57 bits per heavy atom. The highest BCUT2D eigenvalue weighted by Gasteiger charge is 2.43. The summed E-state index contributed by atoms with van der Waals surface area (Å²) in [5, 5.41) is 9.68. The van der Waals surface area contributed by atoms with Gasteiger partial charge < -0.3 is 18.9 Å². The first kappa shape index (κ1) is 30.1. The second kappa shape index (κ2) is 12.1. The Kier molecular flexibility index (Phi) is 8.68. The number of ketones is 2. The molecular weight excluding hydrogens is 605 g/mol. The molecule has 0 saturated carbocycles. The minimum atomic E-state index is -4.31. The van der Waals surface area contributed by atoms with E-state index in [-0.39, 0.29) is 52.6 Å². The van der Waals surface area contributed by atoms with Crippen molar-refractivity contribution in [3.05, 3.63) is 74.5 Å². The number of hydrogen-bond acceptors (Lipinski definition) is 8. The second-order valence-corrected chi connectivity index (χ2v) is 12.6. The third-order valence-corrected chi connectivity index (χ3v) is 9.36. The van der Waals surface area contributed by atoms with Gasteiger partial charge in [-0.05, 0) is 74.6 Å². The van der Waals surface area contributed by atoms with Crippen LogP contribution in [0.4, 0.5) is 0 Å². The number of halogens is 2. The summed E-state index contributed by atoms with van der Waals surface area (Å²) in [6.45, 7) is 2.03. The van der Waals surface area contributed by atoms with Gasteiger partial charge in [-0.1, -0.05) is 23.2 Å². The van der Waals surface area contributed by atoms with Gasteiger partial charge in [0.05, 0.1) is 18.1 Å². The number of carbonyl (C=O) groups is 3. The Hall–Kier alpha value is -3.34. The zero-order chi connectivity index (χ0) is 30.2. The normalized spacial score (nSPS) is 17.7. The van der Waals surface area contributed by atoms with E-state index in [0.29, 0.717) is 60.3 Å². The smallest absolute Gasteiger partial charge is 0.339 e.